The summed E-state index contributed by atoms with van der Waals surface area (Å²) in [7, 11) is 0. The number of aromatic nitrogens is 3. The monoisotopic (exact) mass is 382 g/mol. The van der Waals surface area contributed by atoms with Gasteiger partial charge in [-0.3, -0.25) is 4.79 Å². The van der Waals surface area contributed by atoms with Crippen LogP contribution in [-0.4, -0.2) is 14.7 Å². The highest BCUT2D eigenvalue weighted by atomic mass is 35.5. The van der Waals surface area contributed by atoms with Crippen molar-refractivity contribution in [3.05, 3.63) is 70.5 Å². The maximum atomic E-state index is 12.8. The highest BCUT2D eigenvalue weighted by Gasteiger charge is 2.39. The molecule has 0 radical (unpaired) electrons. The summed E-state index contributed by atoms with van der Waals surface area (Å²) in [5.41, 5.74) is 7.58. The van der Waals surface area contributed by atoms with Gasteiger partial charge in [0.05, 0.1) is 16.6 Å². The van der Waals surface area contributed by atoms with E-state index in [1.165, 1.54) is 0 Å². The van der Waals surface area contributed by atoms with Crippen LogP contribution in [0.3, 0.4) is 0 Å². The summed E-state index contributed by atoms with van der Waals surface area (Å²) in [4.78, 5) is 17.3. The second-order valence-corrected chi connectivity index (χ2v) is 6.97. The third-order valence-corrected chi connectivity index (χ3v) is 5.33. The number of benzene rings is 2. The molecule has 0 unspecified atom stereocenters. The Morgan fingerprint density at radius 3 is 2.19 bits per heavy atom. The molecule has 5 rings (SSSR count). The quantitative estimate of drug-likeness (QED) is 0.549. The number of fused-ring (bicyclic) bond motifs is 2. The van der Waals surface area contributed by atoms with Crippen LogP contribution in [0.5, 0.6) is 0 Å². The molecule has 2 aromatic carbocycles. The standard InChI is InChI=1S/C20H18N4O2.ClH/c21-20(10-5-11-20)19-22-17(26-23-19)12-24-15-8-3-1-6-13(15)18(25)14-7-2-4-9-16(14)24;/h1-4,6-9H,5,10-12,21H2;1H. The highest BCUT2D eigenvalue weighted by Crippen LogP contribution is 2.37. The molecule has 6 nitrogen and oxygen atoms in total. The summed E-state index contributed by atoms with van der Waals surface area (Å²) >= 11 is 0. The molecule has 1 aliphatic carbocycles. The van der Waals surface area contributed by atoms with Gasteiger partial charge in [-0.05, 0) is 43.5 Å². The molecule has 1 aliphatic rings. The Labute approximate surface area is 161 Å². The summed E-state index contributed by atoms with van der Waals surface area (Å²) in [6, 6.07) is 15.2. The van der Waals surface area contributed by atoms with E-state index in [1.807, 2.05) is 53.1 Å². The minimum atomic E-state index is -0.449. The van der Waals surface area contributed by atoms with Crippen molar-refractivity contribution in [3.63, 3.8) is 0 Å². The van der Waals surface area contributed by atoms with Crippen molar-refractivity contribution >= 4 is 34.2 Å². The van der Waals surface area contributed by atoms with E-state index in [0.717, 1.165) is 30.3 Å². The molecular weight excluding hydrogens is 364 g/mol. The van der Waals surface area contributed by atoms with Gasteiger partial charge in [0.1, 0.15) is 6.54 Å². The van der Waals surface area contributed by atoms with Crippen LogP contribution in [0, 0.1) is 0 Å². The number of hydrogen-bond donors (Lipinski definition) is 1. The first-order chi connectivity index (χ1) is 12.7. The van der Waals surface area contributed by atoms with Crippen molar-refractivity contribution in [2.24, 2.45) is 5.73 Å². The molecule has 0 spiro atoms. The third-order valence-electron chi connectivity index (χ3n) is 5.33. The van der Waals surface area contributed by atoms with E-state index in [-0.39, 0.29) is 17.8 Å². The second kappa shape index (κ2) is 6.48. The number of nitrogens with two attached hydrogens (primary N) is 1. The van der Waals surface area contributed by atoms with E-state index in [4.69, 9.17) is 10.3 Å². The molecule has 1 saturated carbocycles. The van der Waals surface area contributed by atoms with Gasteiger partial charge >= 0.3 is 0 Å². The molecule has 2 N–H and O–H groups in total. The van der Waals surface area contributed by atoms with E-state index in [1.54, 1.807) is 0 Å². The number of para-hydroxylation sites is 2. The molecule has 138 valence electrons. The largest absolute Gasteiger partial charge is 0.337 e. The van der Waals surface area contributed by atoms with Gasteiger partial charge < -0.3 is 14.8 Å². The molecule has 0 amide bonds. The Morgan fingerprint density at radius 1 is 1.04 bits per heavy atom. The minimum absolute atomic E-state index is 0. The summed E-state index contributed by atoms with van der Waals surface area (Å²) in [6.45, 7) is 0.393. The van der Waals surface area contributed by atoms with E-state index in [2.05, 4.69) is 10.1 Å². The minimum Gasteiger partial charge on any atom is -0.337 e. The third kappa shape index (κ3) is 2.72. The van der Waals surface area contributed by atoms with Crippen molar-refractivity contribution in [2.75, 3.05) is 0 Å². The van der Waals surface area contributed by atoms with Gasteiger partial charge in [-0.1, -0.05) is 29.4 Å². The van der Waals surface area contributed by atoms with Gasteiger partial charge in [0, 0.05) is 10.8 Å². The smallest absolute Gasteiger partial charge is 0.246 e. The van der Waals surface area contributed by atoms with Crippen LogP contribution < -0.4 is 11.2 Å². The van der Waals surface area contributed by atoms with Gasteiger partial charge in [-0.15, -0.1) is 12.4 Å². The zero-order chi connectivity index (χ0) is 17.7. The van der Waals surface area contributed by atoms with Gasteiger partial charge in [0.2, 0.25) is 5.89 Å². The summed E-state index contributed by atoms with van der Waals surface area (Å²) < 4.78 is 7.53. The Bertz CT molecular complexity index is 1130. The van der Waals surface area contributed by atoms with Crippen molar-refractivity contribution < 1.29 is 4.52 Å². The highest BCUT2D eigenvalue weighted by molar-refractivity contribution is 5.93. The van der Waals surface area contributed by atoms with E-state index < -0.39 is 5.54 Å². The molecule has 1 fully saturated rings. The lowest BCUT2D eigenvalue weighted by atomic mass is 9.77. The summed E-state index contributed by atoms with van der Waals surface area (Å²) in [5, 5.41) is 5.46. The number of rotatable bonds is 3. The first-order valence-electron chi connectivity index (χ1n) is 8.78. The van der Waals surface area contributed by atoms with E-state index in [9.17, 15) is 4.79 Å². The van der Waals surface area contributed by atoms with Crippen LogP contribution in [0.25, 0.3) is 21.8 Å². The Balaban J connectivity index is 0.00000180. The van der Waals surface area contributed by atoms with Crippen LogP contribution in [0.15, 0.2) is 57.8 Å². The van der Waals surface area contributed by atoms with Crippen LogP contribution in [0.1, 0.15) is 31.0 Å². The average Bonchev–Trinajstić information content (AvgIpc) is 3.12. The zero-order valence-electron chi connectivity index (χ0n) is 14.6. The second-order valence-electron chi connectivity index (χ2n) is 6.97. The first kappa shape index (κ1) is 17.7. The van der Waals surface area contributed by atoms with Gasteiger partial charge in [0.15, 0.2) is 11.3 Å². The zero-order valence-corrected chi connectivity index (χ0v) is 15.4. The molecule has 4 aromatic rings. The molecule has 0 atom stereocenters. The average molecular weight is 383 g/mol. The van der Waals surface area contributed by atoms with Crippen LogP contribution in [0.4, 0.5) is 0 Å². The van der Waals surface area contributed by atoms with E-state index in [0.29, 0.717) is 29.0 Å². The molecule has 27 heavy (non-hydrogen) atoms. The van der Waals surface area contributed by atoms with Gasteiger partial charge in [-0.25, -0.2) is 0 Å². The first-order valence-corrected chi connectivity index (χ1v) is 8.78. The van der Waals surface area contributed by atoms with Crippen LogP contribution in [0.2, 0.25) is 0 Å². The fourth-order valence-electron chi connectivity index (χ4n) is 3.69. The van der Waals surface area contributed by atoms with Crippen molar-refractivity contribution in [3.8, 4) is 0 Å². The number of hydrogen-bond acceptors (Lipinski definition) is 5. The predicted octanol–water partition coefficient (Wildman–Crippen LogP) is 3.35. The molecular formula is C20H19ClN4O2. The maximum Gasteiger partial charge on any atom is 0.246 e. The lowest BCUT2D eigenvalue weighted by molar-refractivity contribution is 0.229. The van der Waals surface area contributed by atoms with Gasteiger partial charge in [-0.2, -0.15) is 4.98 Å². The van der Waals surface area contributed by atoms with Crippen LogP contribution >= 0.6 is 12.4 Å². The summed E-state index contributed by atoms with van der Waals surface area (Å²) in [5.74, 6) is 1.07. The van der Waals surface area contributed by atoms with Crippen molar-refractivity contribution in [1.29, 1.82) is 0 Å². The fraction of sp³-hybridized carbons (Fsp3) is 0.250. The Hall–Kier alpha value is -2.70. The van der Waals surface area contributed by atoms with Crippen molar-refractivity contribution in [1.82, 2.24) is 14.7 Å². The van der Waals surface area contributed by atoms with Crippen LogP contribution in [-0.2, 0) is 12.1 Å². The Morgan fingerprint density at radius 2 is 1.63 bits per heavy atom. The molecule has 0 aliphatic heterocycles. The molecule has 0 saturated heterocycles. The molecule has 2 heterocycles. The van der Waals surface area contributed by atoms with E-state index >= 15 is 0 Å². The number of halogens is 1. The number of pyridine rings is 1. The van der Waals surface area contributed by atoms with Gasteiger partial charge in [0.25, 0.3) is 0 Å². The molecule has 0 bridgehead atoms. The predicted molar refractivity (Wildman–Crippen MR) is 106 cm³/mol. The molecule has 7 heteroatoms. The maximum absolute atomic E-state index is 12.8. The summed E-state index contributed by atoms with van der Waals surface area (Å²) in [6.07, 6.45) is 2.86. The Kier molecular flexibility index (Phi) is 4.25. The number of nitrogens with zero attached hydrogens (tertiary/aromatic N) is 3. The topological polar surface area (TPSA) is 86.9 Å². The normalized spacial score (nSPS) is 15.4. The SMILES string of the molecule is Cl.NC1(c2noc(Cn3c4ccccc4c(=O)c4ccccc43)n2)CCC1. The lowest BCUT2D eigenvalue weighted by Crippen LogP contribution is -2.44. The lowest BCUT2D eigenvalue weighted by Gasteiger charge is -2.34. The van der Waals surface area contributed by atoms with Crippen molar-refractivity contribution in [2.45, 2.75) is 31.3 Å². The molecule has 2 aromatic heterocycles. The fourth-order valence-corrected chi connectivity index (χ4v) is 3.69.